The predicted octanol–water partition coefficient (Wildman–Crippen LogP) is -0.240. The fraction of sp³-hybridized carbons (Fsp3) is 0.600. The lowest BCUT2D eigenvalue weighted by Crippen LogP contribution is -2.45. The molecular formula is C10H15NO4. The lowest BCUT2D eigenvalue weighted by molar-refractivity contribution is -0.150. The smallest absolute Gasteiger partial charge is 0.307 e. The number of carbonyl (C=O) groups is 2. The van der Waals surface area contributed by atoms with Crippen molar-refractivity contribution in [1.82, 2.24) is 5.32 Å². The molecule has 3 atom stereocenters. The summed E-state index contributed by atoms with van der Waals surface area (Å²) in [4.78, 5) is 22.4. The van der Waals surface area contributed by atoms with Crippen LogP contribution in [0.2, 0.25) is 0 Å². The van der Waals surface area contributed by atoms with Crippen LogP contribution >= 0.6 is 0 Å². The van der Waals surface area contributed by atoms with Crippen LogP contribution in [-0.4, -0.2) is 34.7 Å². The van der Waals surface area contributed by atoms with Crippen molar-refractivity contribution in [2.24, 2.45) is 11.8 Å². The molecule has 0 bridgehead atoms. The first kappa shape index (κ1) is 11.7. The zero-order chi connectivity index (χ0) is 11.4. The van der Waals surface area contributed by atoms with Crippen molar-refractivity contribution in [2.45, 2.75) is 19.4 Å². The van der Waals surface area contributed by atoms with Gasteiger partial charge in [0.1, 0.15) is 0 Å². The molecule has 5 nitrogen and oxygen atoms in total. The van der Waals surface area contributed by atoms with Gasteiger partial charge in [-0.05, 0) is 13.3 Å². The Morgan fingerprint density at radius 1 is 1.53 bits per heavy atom. The molecule has 0 heterocycles. The van der Waals surface area contributed by atoms with E-state index in [4.69, 9.17) is 5.11 Å². The second kappa shape index (κ2) is 4.93. The van der Waals surface area contributed by atoms with Gasteiger partial charge in [0.2, 0.25) is 5.91 Å². The molecule has 15 heavy (non-hydrogen) atoms. The summed E-state index contributed by atoms with van der Waals surface area (Å²) in [7, 11) is 0. The van der Waals surface area contributed by atoms with Gasteiger partial charge < -0.3 is 15.5 Å². The first-order chi connectivity index (χ1) is 7.07. The Kier molecular flexibility index (Phi) is 3.85. The van der Waals surface area contributed by atoms with Gasteiger partial charge in [0.05, 0.1) is 17.9 Å². The molecule has 84 valence electrons. The van der Waals surface area contributed by atoms with E-state index in [1.807, 2.05) is 0 Å². The van der Waals surface area contributed by atoms with Crippen molar-refractivity contribution in [2.75, 3.05) is 6.54 Å². The Bertz CT molecular complexity index is 287. The van der Waals surface area contributed by atoms with Crippen LogP contribution in [0.3, 0.4) is 0 Å². The Morgan fingerprint density at radius 2 is 2.20 bits per heavy atom. The molecule has 5 heteroatoms. The van der Waals surface area contributed by atoms with Crippen molar-refractivity contribution in [3.8, 4) is 0 Å². The molecule has 3 unspecified atom stereocenters. The number of allylic oxidation sites excluding steroid dienone is 1. The molecule has 0 radical (unpaired) electrons. The molecule has 0 aromatic heterocycles. The van der Waals surface area contributed by atoms with Crippen molar-refractivity contribution in [3.05, 3.63) is 12.2 Å². The lowest BCUT2D eigenvalue weighted by Gasteiger charge is -2.28. The Hall–Kier alpha value is -1.36. The summed E-state index contributed by atoms with van der Waals surface area (Å²) < 4.78 is 0. The van der Waals surface area contributed by atoms with E-state index in [0.29, 0.717) is 6.54 Å². The maximum atomic E-state index is 11.6. The summed E-state index contributed by atoms with van der Waals surface area (Å²) in [6.45, 7) is 2.18. The highest BCUT2D eigenvalue weighted by Crippen LogP contribution is 2.26. The first-order valence-corrected chi connectivity index (χ1v) is 4.93. The van der Waals surface area contributed by atoms with E-state index in [2.05, 4.69) is 5.32 Å². The number of carbonyl (C=O) groups excluding carboxylic acids is 1. The number of rotatable bonds is 3. The van der Waals surface area contributed by atoms with Gasteiger partial charge in [0, 0.05) is 6.54 Å². The number of carboxylic acids is 1. The van der Waals surface area contributed by atoms with Crippen molar-refractivity contribution in [1.29, 1.82) is 0 Å². The zero-order valence-corrected chi connectivity index (χ0v) is 8.51. The van der Waals surface area contributed by atoms with Gasteiger partial charge >= 0.3 is 5.97 Å². The second-order valence-electron chi connectivity index (χ2n) is 3.52. The fourth-order valence-electron chi connectivity index (χ4n) is 1.75. The number of aliphatic carboxylic acids is 1. The van der Waals surface area contributed by atoms with E-state index in [1.165, 1.54) is 6.08 Å². The molecule has 1 amide bonds. The molecule has 3 N–H and O–H groups in total. The van der Waals surface area contributed by atoms with Crippen molar-refractivity contribution >= 4 is 11.9 Å². The zero-order valence-electron chi connectivity index (χ0n) is 8.51. The van der Waals surface area contributed by atoms with E-state index in [-0.39, 0.29) is 6.42 Å². The van der Waals surface area contributed by atoms with Crippen LogP contribution in [0.5, 0.6) is 0 Å². The van der Waals surface area contributed by atoms with Crippen LogP contribution in [0.1, 0.15) is 13.3 Å². The average Bonchev–Trinajstić information content (AvgIpc) is 2.17. The third kappa shape index (κ3) is 2.56. The van der Waals surface area contributed by atoms with E-state index in [0.717, 1.165) is 0 Å². The quantitative estimate of drug-likeness (QED) is 0.565. The number of hydrogen-bond acceptors (Lipinski definition) is 3. The third-order valence-electron chi connectivity index (χ3n) is 2.50. The summed E-state index contributed by atoms with van der Waals surface area (Å²) in [5, 5.41) is 21.0. The molecule has 0 aromatic rings. The van der Waals surface area contributed by atoms with Gasteiger partial charge in [-0.25, -0.2) is 0 Å². The highest BCUT2D eigenvalue weighted by Gasteiger charge is 2.39. The van der Waals surface area contributed by atoms with Crippen LogP contribution in [0.15, 0.2) is 12.2 Å². The minimum absolute atomic E-state index is 0.286. The molecule has 0 saturated heterocycles. The molecule has 1 rings (SSSR count). The maximum absolute atomic E-state index is 11.6. The normalized spacial score (nSPS) is 29.9. The van der Waals surface area contributed by atoms with E-state index >= 15 is 0 Å². The van der Waals surface area contributed by atoms with Gasteiger partial charge in [-0.15, -0.1) is 0 Å². The molecule has 0 fully saturated rings. The molecule has 0 aromatic carbocycles. The number of aliphatic hydroxyl groups excluding tert-OH is 1. The fourth-order valence-corrected chi connectivity index (χ4v) is 1.75. The molecule has 1 aliphatic carbocycles. The lowest BCUT2D eigenvalue weighted by atomic mass is 9.80. The van der Waals surface area contributed by atoms with E-state index in [9.17, 15) is 14.7 Å². The SMILES string of the molecule is CCNC(=O)C1C(O)C=CCC1C(=O)O. The maximum Gasteiger partial charge on any atom is 0.307 e. The molecule has 1 aliphatic rings. The van der Waals surface area contributed by atoms with Crippen LogP contribution < -0.4 is 5.32 Å². The monoisotopic (exact) mass is 213 g/mol. The highest BCUT2D eigenvalue weighted by atomic mass is 16.4. The van der Waals surface area contributed by atoms with E-state index < -0.39 is 29.8 Å². The van der Waals surface area contributed by atoms with Crippen LogP contribution in [-0.2, 0) is 9.59 Å². The number of hydrogen-bond donors (Lipinski definition) is 3. The Balaban J connectivity index is 2.83. The number of nitrogens with one attached hydrogen (secondary N) is 1. The summed E-state index contributed by atoms with van der Waals surface area (Å²) in [6, 6.07) is 0. The Labute approximate surface area is 87.8 Å². The summed E-state index contributed by atoms with van der Waals surface area (Å²) in [5.74, 6) is -3.17. The highest BCUT2D eigenvalue weighted by molar-refractivity contribution is 5.85. The summed E-state index contributed by atoms with van der Waals surface area (Å²) in [5.41, 5.74) is 0. The molecular weight excluding hydrogens is 198 g/mol. The minimum atomic E-state index is -1.05. The van der Waals surface area contributed by atoms with Gasteiger partial charge in [-0.2, -0.15) is 0 Å². The van der Waals surface area contributed by atoms with Gasteiger partial charge in [-0.3, -0.25) is 9.59 Å². The third-order valence-corrected chi connectivity index (χ3v) is 2.50. The van der Waals surface area contributed by atoms with Crippen LogP contribution in [0, 0.1) is 11.8 Å². The van der Waals surface area contributed by atoms with Crippen LogP contribution in [0.25, 0.3) is 0 Å². The number of amides is 1. The first-order valence-electron chi connectivity index (χ1n) is 4.93. The topological polar surface area (TPSA) is 86.6 Å². The second-order valence-corrected chi connectivity index (χ2v) is 3.52. The van der Waals surface area contributed by atoms with Gasteiger partial charge in [-0.1, -0.05) is 12.2 Å². The van der Waals surface area contributed by atoms with E-state index in [1.54, 1.807) is 13.0 Å². The molecule has 0 spiro atoms. The van der Waals surface area contributed by atoms with Crippen molar-refractivity contribution in [3.63, 3.8) is 0 Å². The average molecular weight is 213 g/mol. The van der Waals surface area contributed by atoms with Crippen LogP contribution in [0.4, 0.5) is 0 Å². The number of aliphatic hydroxyl groups is 1. The summed E-state index contributed by atoms with van der Waals surface area (Å²) in [6.07, 6.45) is 2.35. The predicted molar refractivity (Wildman–Crippen MR) is 53.1 cm³/mol. The minimum Gasteiger partial charge on any atom is -0.481 e. The summed E-state index contributed by atoms with van der Waals surface area (Å²) >= 11 is 0. The number of carboxylic acid groups (broad SMARTS) is 1. The van der Waals surface area contributed by atoms with Gasteiger partial charge in [0.15, 0.2) is 0 Å². The standard InChI is InChI=1S/C10H15NO4/c1-2-11-9(13)8-6(10(14)15)4-3-5-7(8)12/h3,5-8,12H,2,4H2,1H3,(H,11,13)(H,14,15). The van der Waals surface area contributed by atoms with Gasteiger partial charge in [0.25, 0.3) is 0 Å². The Morgan fingerprint density at radius 3 is 2.73 bits per heavy atom. The molecule has 0 saturated carbocycles. The van der Waals surface area contributed by atoms with Crippen molar-refractivity contribution < 1.29 is 19.8 Å². The molecule has 0 aliphatic heterocycles. The largest absolute Gasteiger partial charge is 0.481 e.